The average Bonchev–Trinajstić information content (AvgIpc) is 1.00. The second kappa shape index (κ2) is 88.9. The third kappa shape index (κ3) is 50.3. The van der Waals surface area contributed by atoms with Gasteiger partial charge < -0.3 is 16.4 Å². The molecule has 0 atom stereocenters. The van der Waals surface area contributed by atoms with Gasteiger partial charge in [0.05, 0.1) is 0 Å². The van der Waals surface area contributed by atoms with Crippen molar-refractivity contribution in [2.24, 2.45) is 0 Å². The maximum absolute atomic E-state index is 8.34. The molecule has 0 aromatic rings. The Labute approximate surface area is 71.0 Å². The van der Waals surface area contributed by atoms with Crippen molar-refractivity contribution >= 4 is 52.1 Å². The second-order valence-electron chi connectivity index (χ2n) is 0. The monoisotopic (exact) mass is 213 g/mol. The van der Waals surface area contributed by atoms with Gasteiger partial charge in [0.25, 0.3) is 0 Å². The van der Waals surface area contributed by atoms with E-state index in [0.29, 0.717) is 22.5 Å². The van der Waals surface area contributed by atoms with Crippen molar-refractivity contribution in [1.82, 2.24) is 0 Å². The molecule has 0 aromatic carbocycles. The van der Waals surface area contributed by atoms with Crippen LogP contribution in [0.15, 0.2) is 0 Å². The minimum absolute atomic E-state index is 0. The van der Waals surface area contributed by atoms with E-state index in [4.69, 9.17) is 3.08 Å². The molecule has 6 heavy (non-hydrogen) atoms. The van der Waals surface area contributed by atoms with Crippen LogP contribution in [-0.2, 0) is 3.08 Å². The molecule has 0 aliphatic carbocycles. The molecule has 0 aromatic heterocycles. The number of hydrogen-bond acceptors (Lipinski definition) is 1. The van der Waals surface area contributed by atoms with Crippen molar-refractivity contribution in [2.75, 3.05) is 0 Å². The van der Waals surface area contributed by atoms with Crippen molar-refractivity contribution in [3.8, 4) is 0 Å². The molecule has 0 saturated heterocycles. The fraction of sp³-hybridized carbons (Fsp3) is 0. The van der Waals surface area contributed by atoms with Crippen molar-refractivity contribution < 1.29 is 19.5 Å². The first-order chi connectivity index (χ1) is 1.00. The molecule has 0 aliphatic rings. The van der Waals surface area contributed by atoms with Crippen LogP contribution in [0.4, 0.5) is 0 Å². The van der Waals surface area contributed by atoms with E-state index in [0.717, 1.165) is 0 Å². The van der Waals surface area contributed by atoms with Gasteiger partial charge in [0.1, 0.15) is 0 Å². The van der Waals surface area contributed by atoms with Gasteiger partial charge in [-0.25, -0.2) is 0 Å². The molecular weight excluding hydrogens is 206 g/mol. The molecule has 6 heteroatoms. The number of hydrogen-bond donors (Lipinski definition) is 0. The molecule has 6 N–H and O–H groups in total. The zero-order valence-corrected chi connectivity index (χ0v) is 8.26. The van der Waals surface area contributed by atoms with E-state index in [-0.39, 0.29) is 46.0 Å². The van der Waals surface area contributed by atoms with Crippen LogP contribution >= 0.6 is 0 Å². The van der Waals surface area contributed by atoms with Crippen molar-refractivity contribution in [2.45, 2.75) is 0 Å². The van der Waals surface area contributed by atoms with Gasteiger partial charge in [0.15, 0.2) is 0 Å². The van der Waals surface area contributed by atoms with Crippen molar-refractivity contribution in [3.63, 3.8) is 0 Å². The average molecular weight is 212 g/mol. The first kappa shape index (κ1) is 51.1. The summed E-state index contributed by atoms with van der Waals surface area (Å²) >= 11 is 0.300. The normalized spacial score (nSPS) is 0.667. The van der Waals surface area contributed by atoms with E-state index >= 15 is 0 Å². The standard InChI is InChI=1S/Na.3H2O.O.Sn/h;3*1H2;;. The van der Waals surface area contributed by atoms with Crippen LogP contribution in [0, 0.1) is 0 Å². The van der Waals surface area contributed by atoms with E-state index in [9.17, 15) is 0 Å². The zero-order valence-electron chi connectivity index (χ0n) is 3.41. The van der Waals surface area contributed by atoms with Crippen LogP contribution in [0.5, 0.6) is 0 Å². The fourth-order valence-corrected chi connectivity index (χ4v) is 0. The van der Waals surface area contributed by atoms with Gasteiger partial charge in [0.2, 0.25) is 0 Å². The summed E-state index contributed by atoms with van der Waals surface area (Å²) in [6.07, 6.45) is 0. The van der Waals surface area contributed by atoms with Crippen LogP contribution in [0.3, 0.4) is 0 Å². The van der Waals surface area contributed by atoms with Crippen LogP contribution in [0.2, 0.25) is 0 Å². The Morgan fingerprint density at radius 1 is 0.833 bits per heavy atom. The van der Waals surface area contributed by atoms with Crippen LogP contribution in [0.1, 0.15) is 0 Å². The molecule has 0 rings (SSSR count). The molecule has 0 saturated carbocycles. The summed E-state index contributed by atoms with van der Waals surface area (Å²) in [6.45, 7) is 0. The van der Waals surface area contributed by atoms with Crippen LogP contribution in [0.25, 0.3) is 0 Å². The van der Waals surface area contributed by atoms with E-state index < -0.39 is 0 Å². The van der Waals surface area contributed by atoms with E-state index in [2.05, 4.69) is 0 Å². The maximum atomic E-state index is 8.34. The first-order valence-electron chi connectivity index (χ1n) is 0.204. The summed E-state index contributed by atoms with van der Waals surface area (Å²) in [5.41, 5.74) is 0. The van der Waals surface area contributed by atoms with Gasteiger partial charge in [0, 0.05) is 29.6 Å². The molecule has 0 heterocycles. The van der Waals surface area contributed by atoms with Gasteiger partial charge in [-0.05, 0) is 0 Å². The van der Waals surface area contributed by atoms with Gasteiger partial charge in [-0.15, -0.1) is 0 Å². The molecule has 0 unspecified atom stereocenters. The van der Waals surface area contributed by atoms with Crippen LogP contribution in [-0.4, -0.2) is 68.5 Å². The second-order valence-corrected chi connectivity index (χ2v) is 0. The van der Waals surface area contributed by atoms with Gasteiger partial charge in [-0.1, -0.05) is 0 Å². The van der Waals surface area contributed by atoms with Crippen LogP contribution < -0.4 is 0 Å². The molecule has 3 radical (unpaired) electrons. The summed E-state index contributed by atoms with van der Waals surface area (Å²) in [6, 6.07) is 0. The Balaban J connectivity index is -0.000000000833. The Hall–Kier alpha value is 1.48. The molecule has 4 nitrogen and oxygen atoms in total. The Bertz CT molecular complexity index is 7.51. The molecule has 0 aliphatic heterocycles. The number of rotatable bonds is 0. The molecule has 35 valence electrons. The third-order valence-electron chi connectivity index (χ3n) is 0. The predicted octanol–water partition coefficient (Wildman–Crippen LogP) is -3.35. The summed E-state index contributed by atoms with van der Waals surface area (Å²) < 4.78 is 8.34. The summed E-state index contributed by atoms with van der Waals surface area (Å²) in [5, 5.41) is 0. The Morgan fingerprint density at radius 3 is 0.833 bits per heavy atom. The van der Waals surface area contributed by atoms with Gasteiger partial charge >= 0.3 is 25.6 Å². The Kier molecular flexibility index (Phi) is 757. The first-order valence-corrected chi connectivity index (χ1v) is 1.37. The summed E-state index contributed by atoms with van der Waals surface area (Å²) in [7, 11) is 0. The molecule has 0 fully saturated rings. The minimum atomic E-state index is 0. The van der Waals surface area contributed by atoms with Gasteiger partial charge in [-0.3, -0.25) is 0 Å². The predicted molar refractivity (Wildman–Crippen MR) is 23.0 cm³/mol. The van der Waals surface area contributed by atoms with Crippen molar-refractivity contribution in [1.29, 1.82) is 0 Å². The third-order valence-corrected chi connectivity index (χ3v) is 0. The SMILES string of the molecule is O.O.O.[Na].[O]=[Sn]. The summed E-state index contributed by atoms with van der Waals surface area (Å²) in [4.78, 5) is 0. The molecule has 0 spiro atoms. The van der Waals surface area contributed by atoms with E-state index in [1.165, 1.54) is 0 Å². The van der Waals surface area contributed by atoms with Gasteiger partial charge in [-0.2, -0.15) is 0 Å². The zero-order chi connectivity index (χ0) is 2.00. The molecule has 0 amide bonds. The van der Waals surface area contributed by atoms with E-state index in [1.807, 2.05) is 0 Å². The fourth-order valence-electron chi connectivity index (χ4n) is 0. The summed E-state index contributed by atoms with van der Waals surface area (Å²) in [5.74, 6) is 0. The topological polar surface area (TPSA) is 112 Å². The van der Waals surface area contributed by atoms with Crippen molar-refractivity contribution in [3.05, 3.63) is 0 Å². The Morgan fingerprint density at radius 2 is 0.833 bits per heavy atom. The molecule has 0 bridgehead atoms. The van der Waals surface area contributed by atoms with E-state index in [1.54, 1.807) is 0 Å². The molecular formula is H6NaO4Sn. The quantitative estimate of drug-likeness (QED) is 0.383.